The minimum Gasteiger partial charge on any atom is -0.306 e. The predicted octanol–water partition coefficient (Wildman–Crippen LogP) is 2.64. The van der Waals surface area contributed by atoms with Crippen LogP contribution in [0.2, 0.25) is 0 Å². The fraction of sp³-hybridized carbons (Fsp3) is 0. The van der Waals surface area contributed by atoms with Crippen LogP contribution in [-0.2, 0) is 0 Å². The first kappa shape index (κ1) is 12.2. The quantitative estimate of drug-likeness (QED) is 0.776. The van der Waals surface area contributed by atoms with Crippen molar-refractivity contribution in [2.75, 3.05) is 0 Å². The molecule has 0 aliphatic rings. The fourth-order valence-electron chi connectivity index (χ4n) is 1.88. The van der Waals surface area contributed by atoms with Gasteiger partial charge in [0.05, 0.1) is 11.4 Å². The van der Waals surface area contributed by atoms with Gasteiger partial charge in [0, 0.05) is 17.8 Å². The maximum Gasteiger partial charge on any atom is 0.251 e. The van der Waals surface area contributed by atoms with Gasteiger partial charge in [0.1, 0.15) is 11.6 Å². The number of hydrogen-bond acceptors (Lipinski definition) is 3. The van der Waals surface area contributed by atoms with Crippen LogP contribution in [0.25, 0.3) is 22.8 Å². The number of rotatable bonds is 2. The Bertz CT molecular complexity index is 799. The number of nitrogens with one attached hydrogen (secondary N) is 1. The average Bonchev–Trinajstić information content (AvgIpc) is 2.47. The Balaban J connectivity index is 2.15. The molecule has 0 aliphatic heterocycles. The van der Waals surface area contributed by atoms with Crippen LogP contribution >= 0.6 is 0 Å². The Morgan fingerprint density at radius 3 is 2.65 bits per heavy atom. The molecule has 20 heavy (non-hydrogen) atoms. The van der Waals surface area contributed by atoms with Gasteiger partial charge in [0.15, 0.2) is 0 Å². The summed E-state index contributed by atoms with van der Waals surface area (Å²) in [7, 11) is 0. The first-order chi connectivity index (χ1) is 9.72. The maximum absolute atomic E-state index is 13.2. The minimum atomic E-state index is -0.381. The third kappa shape index (κ3) is 2.47. The number of halogens is 1. The lowest BCUT2D eigenvalue weighted by Gasteiger charge is -2.04. The van der Waals surface area contributed by atoms with Crippen LogP contribution in [0.4, 0.5) is 4.39 Å². The molecular formula is C15H10FN3O. The van der Waals surface area contributed by atoms with Crippen molar-refractivity contribution in [2.24, 2.45) is 0 Å². The van der Waals surface area contributed by atoms with E-state index in [0.717, 1.165) is 0 Å². The summed E-state index contributed by atoms with van der Waals surface area (Å²) < 4.78 is 13.2. The Morgan fingerprint density at radius 1 is 1.00 bits per heavy atom. The third-order valence-electron chi connectivity index (χ3n) is 2.77. The SMILES string of the molecule is O=c1cc(-c2ccccn2)nc(-c2cccc(F)c2)[nH]1. The van der Waals surface area contributed by atoms with Crippen LogP contribution in [-0.4, -0.2) is 15.0 Å². The van der Waals surface area contributed by atoms with Crippen LogP contribution in [0.5, 0.6) is 0 Å². The van der Waals surface area contributed by atoms with E-state index in [1.165, 1.54) is 18.2 Å². The van der Waals surface area contributed by atoms with Crippen molar-refractivity contribution in [3.05, 3.63) is 70.9 Å². The van der Waals surface area contributed by atoms with Crippen LogP contribution in [0.15, 0.2) is 59.5 Å². The summed E-state index contributed by atoms with van der Waals surface area (Å²) >= 11 is 0. The van der Waals surface area contributed by atoms with Gasteiger partial charge in [0.25, 0.3) is 5.56 Å². The van der Waals surface area contributed by atoms with E-state index in [-0.39, 0.29) is 11.4 Å². The monoisotopic (exact) mass is 267 g/mol. The van der Waals surface area contributed by atoms with E-state index in [0.29, 0.717) is 22.8 Å². The van der Waals surface area contributed by atoms with Crippen molar-refractivity contribution in [1.82, 2.24) is 15.0 Å². The van der Waals surface area contributed by atoms with Gasteiger partial charge in [-0.1, -0.05) is 18.2 Å². The summed E-state index contributed by atoms with van der Waals surface area (Å²) in [6.07, 6.45) is 1.63. The number of aromatic amines is 1. The van der Waals surface area contributed by atoms with Gasteiger partial charge in [0.2, 0.25) is 0 Å². The van der Waals surface area contributed by atoms with Gasteiger partial charge in [-0.15, -0.1) is 0 Å². The second-order valence-electron chi connectivity index (χ2n) is 4.20. The lowest BCUT2D eigenvalue weighted by molar-refractivity contribution is 0.628. The zero-order valence-electron chi connectivity index (χ0n) is 10.4. The molecule has 1 N–H and O–H groups in total. The van der Waals surface area contributed by atoms with Crippen LogP contribution in [0, 0.1) is 5.82 Å². The van der Waals surface area contributed by atoms with E-state index in [2.05, 4.69) is 15.0 Å². The molecule has 0 fully saturated rings. The van der Waals surface area contributed by atoms with E-state index in [4.69, 9.17) is 0 Å². The van der Waals surface area contributed by atoms with Gasteiger partial charge in [-0.3, -0.25) is 9.78 Å². The highest BCUT2D eigenvalue weighted by Gasteiger charge is 2.07. The molecule has 0 atom stereocenters. The molecule has 0 bridgehead atoms. The number of pyridine rings is 1. The molecule has 3 aromatic rings. The number of H-pyrrole nitrogens is 1. The summed E-state index contributed by atoms with van der Waals surface area (Å²) in [6, 6.07) is 12.6. The second kappa shape index (κ2) is 5.05. The topological polar surface area (TPSA) is 58.6 Å². The van der Waals surface area contributed by atoms with Crippen molar-refractivity contribution in [1.29, 1.82) is 0 Å². The molecule has 1 aromatic carbocycles. The second-order valence-corrected chi connectivity index (χ2v) is 4.20. The zero-order valence-corrected chi connectivity index (χ0v) is 10.4. The van der Waals surface area contributed by atoms with E-state index < -0.39 is 0 Å². The normalized spacial score (nSPS) is 10.4. The molecular weight excluding hydrogens is 257 g/mol. The Labute approximate surface area is 114 Å². The summed E-state index contributed by atoms with van der Waals surface area (Å²) in [5.41, 5.74) is 1.25. The van der Waals surface area contributed by atoms with E-state index in [1.54, 1.807) is 30.5 Å². The van der Waals surface area contributed by atoms with Crippen molar-refractivity contribution >= 4 is 0 Å². The Hall–Kier alpha value is -2.82. The Kier molecular flexibility index (Phi) is 3.09. The van der Waals surface area contributed by atoms with Crippen LogP contribution < -0.4 is 5.56 Å². The molecule has 0 amide bonds. The summed E-state index contributed by atoms with van der Waals surface area (Å²) in [6.45, 7) is 0. The number of benzene rings is 1. The van der Waals surface area contributed by atoms with Crippen molar-refractivity contribution in [2.45, 2.75) is 0 Å². The lowest BCUT2D eigenvalue weighted by atomic mass is 10.2. The largest absolute Gasteiger partial charge is 0.306 e. The Morgan fingerprint density at radius 2 is 1.90 bits per heavy atom. The van der Waals surface area contributed by atoms with Crippen molar-refractivity contribution in [3.63, 3.8) is 0 Å². The molecule has 0 saturated heterocycles. The van der Waals surface area contributed by atoms with Gasteiger partial charge in [-0.2, -0.15) is 0 Å². The summed E-state index contributed by atoms with van der Waals surface area (Å²) in [5.74, 6) is -0.0639. The summed E-state index contributed by atoms with van der Waals surface area (Å²) in [4.78, 5) is 22.8. The molecule has 3 rings (SSSR count). The smallest absolute Gasteiger partial charge is 0.251 e. The average molecular weight is 267 g/mol. The van der Waals surface area contributed by atoms with Crippen LogP contribution in [0.1, 0.15) is 0 Å². The highest BCUT2D eigenvalue weighted by atomic mass is 19.1. The van der Waals surface area contributed by atoms with E-state index >= 15 is 0 Å². The minimum absolute atomic E-state index is 0.306. The molecule has 0 radical (unpaired) electrons. The van der Waals surface area contributed by atoms with Gasteiger partial charge < -0.3 is 4.98 Å². The third-order valence-corrected chi connectivity index (χ3v) is 2.77. The highest BCUT2D eigenvalue weighted by molar-refractivity contribution is 5.60. The molecule has 5 heteroatoms. The molecule has 0 aliphatic carbocycles. The number of nitrogens with zero attached hydrogens (tertiary/aromatic N) is 2. The molecule has 0 saturated carbocycles. The van der Waals surface area contributed by atoms with Crippen molar-refractivity contribution in [3.8, 4) is 22.8 Å². The van der Waals surface area contributed by atoms with Gasteiger partial charge in [-0.05, 0) is 24.3 Å². The lowest BCUT2D eigenvalue weighted by Crippen LogP contribution is -2.09. The number of hydrogen-bond donors (Lipinski definition) is 1. The predicted molar refractivity (Wildman–Crippen MR) is 73.5 cm³/mol. The fourth-order valence-corrected chi connectivity index (χ4v) is 1.88. The molecule has 4 nitrogen and oxygen atoms in total. The van der Waals surface area contributed by atoms with Gasteiger partial charge >= 0.3 is 0 Å². The van der Waals surface area contributed by atoms with E-state index in [1.807, 2.05) is 6.07 Å². The first-order valence-electron chi connectivity index (χ1n) is 6.01. The zero-order chi connectivity index (χ0) is 13.9. The van der Waals surface area contributed by atoms with E-state index in [9.17, 15) is 9.18 Å². The van der Waals surface area contributed by atoms with Crippen molar-refractivity contribution < 1.29 is 4.39 Å². The number of aromatic nitrogens is 3. The summed E-state index contributed by atoms with van der Waals surface area (Å²) in [5, 5.41) is 0. The standard InChI is InChI=1S/C15H10FN3O/c16-11-5-3-4-10(8-11)15-18-13(9-14(20)19-15)12-6-1-2-7-17-12/h1-9H,(H,18,19,20). The highest BCUT2D eigenvalue weighted by Crippen LogP contribution is 2.18. The molecule has 0 unspecified atom stereocenters. The molecule has 0 spiro atoms. The maximum atomic E-state index is 13.2. The molecule has 2 heterocycles. The van der Waals surface area contributed by atoms with Gasteiger partial charge in [-0.25, -0.2) is 9.37 Å². The molecule has 98 valence electrons. The molecule has 2 aromatic heterocycles. The van der Waals surface area contributed by atoms with Crippen LogP contribution in [0.3, 0.4) is 0 Å². The first-order valence-corrected chi connectivity index (χ1v) is 6.01.